The van der Waals surface area contributed by atoms with Crippen LogP contribution < -0.4 is 10.2 Å². The highest BCUT2D eigenvalue weighted by Crippen LogP contribution is 2.38. The molecule has 0 atom stereocenters. The molecule has 7 heteroatoms. The molecule has 0 bridgehead atoms. The molecule has 2 aromatic rings. The van der Waals surface area contributed by atoms with Gasteiger partial charge in [0.25, 0.3) is 0 Å². The largest absolute Gasteiger partial charge is 0.465 e. The molecule has 154 valence electrons. The topological polar surface area (TPSA) is 61.9 Å². The number of para-hydroxylation sites is 1. The smallest absolute Gasteiger partial charge is 0.341 e. The van der Waals surface area contributed by atoms with Gasteiger partial charge < -0.3 is 15.0 Å². The highest BCUT2D eigenvalue weighted by atomic mass is 32.1. The minimum Gasteiger partial charge on any atom is -0.465 e. The molecule has 1 aliphatic carbocycles. The Balaban J connectivity index is 1.37. The number of hydrogen-bond donors (Lipinski definition) is 1. The molecular formula is C22H27N3O3S. The first-order chi connectivity index (χ1) is 14.2. The number of rotatable bonds is 5. The Morgan fingerprint density at radius 2 is 1.79 bits per heavy atom. The fourth-order valence-corrected chi connectivity index (χ4v) is 5.44. The minimum atomic E-state index is -0.351. The summed E-state index contributed by atoms with van der Waals surface area (Å²) in [7, 11) is 1.40. The van der Waals surface area contributed by atoms with Crippen molar-refractivity contribution in [3.05, 3.63) is 46.3 Å². The maximum absolute atomic E-state index is 12.7. The summed E-state index contributed by atoms with van der Waals surface area (Å²) in [5.74, 6) is -0.418. The molecule has 0 radical (unpaired) electrons. The molecule has 2 heterocycles. The number of amides is 1. The lowest BCUT2D eigenvalue weighted by Gasteiger charge is -2.35. The van der Waals surface area contributed by atoms with Crippen molar-refractivity contribution < 1.29 is 14.3 Å². The van der Waals surface area contributed by atoms with Crippen LogP contribution in [0.5, 0.6) is 0 Å². The summed E-state index contributed by atoms with van der Waals surface area (Å²) < 4.78 is 4.99. The summed E-state index contributed by atoms with van der Waals surface area (Å²) in [4.78, 5) is 30.7. The van der Waals surface area contributed by atoms with E-state index in [4.69, 9.17) is 4.74 Å². The average molecular weight is 414 g/mol. The van der Waals surface area contributed by atoms with E-state index in [2.05, 4.69) is 39.4 Å². The highest BCUT2D eigenvalue weighted by molar-refractivity contribution is 7.17. The number of anilines is 2. The number of carbonyl (C=O) groups excluding carboxylic acids is 2. The Hall–Kier alpha value is -2.38. The van der Waals surface area contributed by atoms with Gasteiger partial charge in [-0.05, 0) is 43.4 Å². The van der Waals surface area contributed by atoms with Crippen LogP contribution in [0.3, 0.4) is 0 Å². The third-order valence-corrected chi connectivity index (χ3v) is 6.88. The zero-order valence-corrected chi connectivity index (χ0v) is 17.6. The van der Waals surface area contributed by atoms with Crippen molar-refractivity contribution in [1.82, 2.24) is 4.90 Å². The quantitative estimate of drug-likeness (QED) is 0.763. The Morgan fingerprint density at radius 3 is 2.52 bits per heavy atom. The van der Waals surface area contributed by atoms with Crippen molar-refractivity contribution in [3.8, 4) is 0 Å². The van der Waals surface area contributed by atoms with E-state index in [0.29, 0.717) is 17.1 Å². The number of nitrogens with one attached hydrogen (secondary N) is 1. The lowest BCUT2D eigenvalue weighted by molar-refractivity contribution is -0.117. The van der Waals surface area contributed by atoms with E-state index in [1.165, 1.54) is 29.0 Å². The summed E-state index contributed by atoms with van der Waals surface area (Å²) in [6, 6.07) is 10.4. The van der Waals surface area contributed by atoms with Crippen LogP contribution >= 0.6 is 11.3 Å². The van der Waals surface area contributed by atoms with Crippen molar-refractivity contribution in [1.29, 1.82) is 0 Å². The Morgan fingerprint density at radius 1 is 1.07 bits per heavy atom. The molecule has 1 aromatic heterocycles. The fourth-order valence-electron chi connectivity index (χ4n) is 4.14. The van der Waals surface area contributed by atoms with Crippen molar-refractivity contribution in [3.63, 3.8) is 0 Å². The molecule has 6 nitrogen and oxygen atoms in total. The number of fused-ring (bicyclic) bond motifs is 1. The zero-order chi connectivity index (χ0) is 20.2. The van der Waals surface area contributed by atoms with Crippen LogP contribution in [-0.2, 0) is 22.4 Å². The average Bonchev–Trinajstić information content (AvgIpc) is 3.12. The second-order valence-electron chi connectivity index (χ2n) is 7.55. The molecule has 1 saturated heterocycles. The number of thiophene rings is 1. The molecule has 0 saturated carbocycles. The third kappa shape index (κ3) is 4.46. The van der Waals surface area contributed by atoms with Gasteiger partial charge in [0, 0.05) is 36.7 Å². The van der Waals surface area contributed by atoms with Crippen molar-refractivity contribution in [2.45, 2.75) is 25.7 Å². The minimum absolute atomic E-state index is 0.0677. The molecule has 1 amide bonds. The first-order valence-electron chi connectivity index (χ1n) is 10.2. The van der Waals surface area contributed by atoms with Crippen molar-refractivity contribution in [2.24, 2.45) is 0 Å². The number of methoxy groups -OCH3 is 1. The van der Waals surface area contributed by atoms with Gasteiger partial charge in [0.05, 0.1) is 19.2 Å². The van der Waals surface area contributed by atoms with E-state index in [1.807, 2.05) is 6.07 Å². The zero-order valence-electron chi connectivity index (χ0n) is 16.8. The molecule has 1 aliphatic heterocycles. The second-order valence-corrected chi connectivity index (χ2v) is 8.66. The van der Waals surface area contributed by atoms with Gasteiger partial charge in [0.1, 0.15) is 5.00 Å². The molecule has 0 spiro atoms. The van der Waals surface area contributed by atoms with E-state index in [0.717, 1.165) is 57.4 Å². The Bertz CT molecular complexity index is 873. The summed E-state index contributed by atoms with van der Waals surface area (Å²) in [5, 5.41) is 3.65. The van der Waals surface area contributed by atoms with Gasteiger partial charge in [-0.25, -0.2) is 4.79 Å². The summed E-state index contributed by atoms with van der Waals surface area (Å²) in [6.45, 7) is 3.82. The van der Waals surface area contributed by atoms with E-state index in [1.54, 1.807) is 0 Å². The monoisotopic (exact) mass is 413 g/mol. The normalized spacial score (nSPS) is 16.9. The predicted molar refractivity (Wildman–Crippen MR) is 116 cm³/mol. The second kappa shape index (κ2) is 8.97. The Kier molecular flexibility index (Phi) is 6.16. The Labute approximate surface area is 175 Å². The maximum atomic E-state index is 12.7. The number of carbonyl (C=O) groups is 2. The van der Waals surface area contributed by atoms with Crippen LogP contribution in [0.1, 0.15) is 33.6 Å². The van der Waals surface area contributed by atoms with Crippen LogP contribution in [0.2, 0.25) is 0 Å². The van der Waals surface area contributed by atoms with Crippen LogP contribution in [0.25, 0.3) is 0 Å². The number of ether oxygens (including phenoxy) is 1. The molecule has 0 unspecified atom stereocenters. The van der Waals surface area contributed by atoms with Gasteiger partial charge >= 0.3 is 5.97 Å². The number of aryl methyl sites for hydroxylation is 1. The lowest BCUT2D eigenvalue weighted by Crippen LogP contribution is -2.48. The first-order valence-corrected chi connectivity index (χ1v) is 11.0. The molecular weight excluding hydrogens is 386 g/mol. The standard InChI is InChI=1S/C22H27N3O3S/c1-28-22(27)20-17-9-5-6-10-18(17)29-21(20)23-19(26)15-24-11-13-25(14-12-24)16-7-3-2-4-8-16/h2-4,7-8H,5-6,9-15H2,1H3,(H,23,26). The highest BCUT2D eigenvalue weighted by Gasteiger charge is 2.27. The van der Waals surface area contributed by atoms with Crippen LogP contribution in [0, 0.1) is 0 Å². The van der Waals surface area contributed by atoms with Gasteiger partial charge in [-0.2, -0.15) is 0 Å². The molecule has 4 rings (SSSR count). The predicted octanol–water partition coefficient (Wildman–Crippen LogP) is 3.17. The van der Waals surface area contributed by atoms with Gasteiger partial charge in [0.15, 0.2) is 0 Å². The van der Waals surface area contributed by atoms with E-state index < -0.39 is 0 Å². The fraction of sp³-hybridized carbons (Fsp3) is 0.455. The first kappa shape index (κ1) is 19.9. The van der Waals surface area contributed by atoms with Gasteiger partial charge in [-0.1, -0.05) is 18.2 Å². The van der Waals surface area contributed by atoms with E-state index in [9.17, 15) is 9.59 Å². The summed E-state index contributed by atoms with van der Waals surface area (Å²) in [6.07, 6.45) is 4.06. The molecule has 1 N–H and O–H groups in total. The number of nitrogens with zero attached hydrogens (tertiary/aromatic N) is 2. The molecule has 1 aromatic carbocycles. The van der Waals surface area contributed by atoms with Gasteiger partial charge in [-0.3, -0.25) is 9.69 Å². The maximum Gasteiger partial charge on any atom is 0.341 e. The SMILES string of the molecule is COC(=O)c1c(NC(=O)CN2CCN(c3ccccc3)CC2)sc2c1CCCC2. The van der Waals surface area contributed by atoms with Crippen molar-refractivity contribution >= 4 is 33.9 Å². The molecule has 29 heavy (non-hydrogen) atoms. The van der Waals surface area contributed by atoms with Crippen LogP contribution in [0.4, 0.5) is 10.7 Å². The number of benzene rings is 1. The molecule has 2 aliphatic rings. The van der Waals surface area contributed by atoms with Gasteiger partial charge in [-0.15, -0.1) is 11.3 Å². The molecule has 1 fully saturated rings. The van der Waals surface area contributed by atoms with E-state index >= 15 is 0 Å². The van der Waals surface area contributed by atoms with Crippen molar-refractivity contribution in [2.75, 3.05) is 50.1 Å². The summed E-state index contributed by atoms with van der Waals surface area (Å²) >= 11 is 1.53. The summed E-state index contributed by atoms with van der Waals surface area (Å²) in [5.41, 5.74) is 2.86. The van der Waals surface area contributed by atoms with Crippen LogP contribution in [0.15, 0.2) is 30.3 Å². The van der Waals surface area contributed by atoms with Gasteiger partial charge in [0.2, 0.25) is 5.91 Å². The van der Waals surface area contributed by atoms with E-state index in [-0.39, 0.29) is 11.9 Å². The number of piperazine rings is 1. The van der Waals surface area contributed by atoms with Crippen LogP contribution in [-0.4, -0.2) is 56.6 Å². The number of hydrogen-bond acceptors (Lipinski definition) is 6. The lowest BCUT2D eigenvalue weighted by atomic mass is 9.95. The third-order valence-electron chi connectivity index (χ3n) is 5.67. The number of esters is 1.